The fourth-order valence-corrected chi connectivity index (χ4v) is 3.56. The first-order valence-electron chi connectivity index (χ1n) is 7.78. The summed E-state index contributed by atoms with van der Waals surface area (Å²) in [5, 5.41) is 14.1. The third-order valence-electron chi connectivity index (χ3n) is 3.87. The molecule has 0 aliphatic heterocycles. The predicted molar refractivity (Wildman–Crippen MR) is 101 cm³/mol. The highest BCUT2D eigenvalue weighted by Crippen LogP contribution is 2.32. The van der Waals surface area contributed by atoms with E-state index in [9.17, 15) is 19.5 Å². The average molecular weight is 385 g/mol. The number of phenols is 1. The molecular weight excluding hydrogens is 370 g/mol. The fourth-order valence-electron chi connectivity index (χ4n) is 2.61. The highest BCUT2D eigenvalue weighted by Gasteiger charge is 2.24. The maximum Gasteiger partial charge on any atom is 0.350 e. The molecule has 2 aromatic carbocycles. The molecule has 0 radical (unpaired) electrons. The monoisotopic (exact) mass is 385 g/mol. The summed E-state index contributed by atoms with van der Waals surface area (Å²) in [5.41, 5.74) is 0.166. The molecule has 3 aromatic rings. The van der Waals surface area contributed by atoms with Gasteiger partial charge in [0, 0.05) is 0 Å². The van der Waals surface area contributed by atoms with E-state index in [0.29, 0.717) is 5.39 Å². The Kier molecular flexibility index (Phi) is 5.09. The summed E-state index contributed by atoms with van der Waals surface area (Å²) in [5.74, 6) is -2.16. The van der Waals surface area contributed by atoms with Gasteiger partial charge in [0.1, 0.15) is 15.5 Å². The Bertz CT molecular complexity index is 1060. The Hall–Kier alpha value is -3.39. The van der Waals surface area contributed by atoms with Crippen molar-refractivity contribution < 1.29 is 29.0 Å². The van der Waals surface area contributed by atoms with E-state index in [1.54, 1.807) is 18.2 Å². The van der Waals surface area contributed by atoms with Crippen molar-refractivity contribution in [3.8, 4) is 5.75 Å². The minimum atomic E-state index is -0.701. The van der Waals surface area contributed by atoms with Crippen LogP contribution in [0.25, 0.3) is 10.8 Å². The van der Waals surface area contributed by atoms with E-state index in [1.165, 1.54) is 26.4 Å². The van der Waals surface area contributed by atoms with Crippen molar-refractivity contribution >= 4 is 45.6 Å². The zero-order valence-electron chi connectivity index (χ0n) is 14.4. The highest BCUT2D eigenvalue weighted by atomic mass is 32.1. The molecule has 0 aliphatic carbocycles. The van der Waals surface area contributed by atoms with Crippen molar-refractivity contribution in [3.63, 3.8) is 0 Å². The molecule has 3 rings (SSSR count). The molecule has 1 heterocycles. The van der Waals surface area contributed by atoms with Crippen molar-refractivity contribution in [2.45, 2.75) is 0 Å². The van der Waals surface area contributed by atoms with Crippen LogP contribution in [-0.4, -0.2) is 37.2 Å². The summed E-state index contributed by atoms with van der Waals surface area (Å²) in [7, 11) is 2.41. The van der Waals surface area contributed by atoms with Crippen LogP contribution in [0.5, 0.6) is 5.75 Å². The molecule has 1 amide bonds. The van der Waals surface area contributed by atoms with Gasteiger partial charge >= 0.3 is 11.9 Å². The Morgan fingerprint density at radius 2 is 1.70 bits per heavy atom. The smallest absolute Gasteiger partial charge is 0.350 e. The van der Waals surface area contributed by atoms with Gasteiger partial charge in [-0.25, -0.2) is 9.59 Å². The van der Waals surface area contributed by atoms with Crippen molar-refractivity contribution in [2.75, 3.05) is 19.5 Å². The van der Waals surface area contributed by atoms with E-state index >= 15 is 0 Å². The molecule has 0 fully saturated rings. The summed E-state index contributed by atoms with van der Waals surface area (Å²) in [6, 6.07) is 11.5. The summed E-state index contributed by atoms with van der Waals surface area (Å²) in [6.45, 7) is 0. The molecule has 1 aromatic heterocycles. The van der Waals surface area contributed by atoms with Gasteiger partial charge in [-0.3, -0.25) is 4.79 Å². The zero-order chi connectivity index (χ0) is 19.6. The second kappa shape index (κ2) is 7.46. The normalized spacial score (nSPS) is 10.4. The number of carbonyl (C=O) groups is 3. The van der Waals surface area contributed by atoms with Gasteiger partial charge in [-0.15, -0.1) is 11.3 Å². The Labute approximate surface area is 158 Å². The number of anilines is 1. The summed E-state index contributed by atoms with van der Waals surface area (Å²) in [4.78, 5) is 36.8. The van der Waals surface area contributed by atoms with E-state index < -0.39 is 17.8 Å². The number of esters is 2. The van der Waals surface area contributed by atoms with Crippen molar-refractivity contribution in [3.05, 3.63) is 57.8 Å². The maximum absolute atomic E-state index is 12.8. The minimum Gasteiger partial charge on any atom is -0.507 e. The van der Waals surface area contributed by atoms with Crippen LogP contribution in [0.1, 0.15) is 29.7 Å². The SMILES string of the molecule is COC(=O)c1cc(NC(=O)c2c(O)ccc3ccccc23)c(C(=O)OC)s1. The van der Waals surface area contributed by atoms with Gasteiger partial charge in [0.15, 0.2) is 0 Å². The van der Waals surface area contributed by atoms with Crippen LogP contribution < -0.4 is 5.32 Å². The van der Waals surface area contributed by atoms with Crippen molar-refractivity contribution in [1.82, 2.24) is 0 Å². The zero-order valence-corrected chi connectivity index (χ0v) is 15.3. The van der Waals surface area contributed by atoms with E-state index in [4.69, 9.17) is 4.74 Å². The molecule has 2 N–H and O–H groups in total. The van der Waals surface area contributed by atoms with Crippen LogP contribution in [0.4, 0.5) is 5.69 Å². The molecule has 0 bridgehead atoms. The van der Waals surface area contributed by atoms with Gasteiger partial charge in [0.25, 0.3) is 5.91 Å². The molecule has 8 heteroatoms. The van der Waals surface area contributed by atoms with E-state index in [2.05, 4.69) is 10.1 Å². The fraction of sp³-hybridized carbons (Fsp3) is 0.105. The topological polar surface area (TPSA) is 102 Å². The number of methoxy groups -OCH3 is 2. The number of rotatable bonds is 4. The minimum absolute atomic E-state index is 0.0472. The standard InChI is InChI=1S/C19H15NO6S/c1-25-18(23)14-9-12(16(27-14)19(24)26-2)20-17(22)15-11-6-4-3-5-10(11)7-8-13(15)21/h3-9,21H,1-2H3,(H,20,22). The number of phenolic OH excluding ortho intramolecular Hbond substituents is 1. The summed E-state index contributed by atoms with van der Waals surface area (Å²) < 4.78 is 9.35. The van der Waals surface area contributed by atoms with Gasteiger partial charge in [-0.2, -0.15) is 0 Å². The molecule has 0 saturated heterocycles. The van der Waals surface area contributed by atoms with Gasteiger partial charge in [0.05, 0.1) is 25.5 Å². The van der Waals surface area contributed by atoms with Crippen LogP contribution in [0, 0.1) is 0 Å². The number of hydrogen-bond acceptors (Lipinski definition) is 7. The molecule has 0 atom stereocenters. The lowest BCUT2D eigenvalue weighted by Crippen LogP contribution is -2.14. The molecule has 0 aliphatic rings. The number of hydrogen-bond donors (Lipinski definition) is 2. The van der Waals surface area contributed by atoms with Gasteiger partial charge in [-0.1, -0.05) is 30.3 Å². The number of fused-ring (bicyclic) bond motifs is 1. The maximum atomic E-state index is 12.8. The summed E-state index contributed by atoms with van der Waals surface area (Å²) in [6.07, 6.45) is 0. The van der Waals surface area contributed by atoms with Crippen molar-refractivity contribution in [2.24, 2.45) is 0 Å². The number of nitrogens with one attached hydrogen (secondary N) is 1. The number of amides is 1. The molecule has 0 spiro atoms. The first-order chi connectivity index (χ1) is 13.0. The molecule has 0 saturated carbocycles. The number of benzene rings is 2. The lowest BCUT2D eigenvalue weighted by molar-refractivity contribution is 0.0600. The first-order valence-corrected chi connectivity index (χ1v) is 8.60. The average Bonchev–Trinajstić information content (AvgIpc) is 3.10. The van der Waals surface area contributed by atoms with Crippen LogP contribution in [-0.2, 0) is 9.47 Å². The quantitative estimate of drug-likeness (QED) is 0.667. The number of thiophene rings is 1. The molecule has 7 nitrogen and oxygen atoms in total. The van der Waals surface area contributed by atoms with Crippen LogP contribution in [0.2, 0.25) is 0 Å². The molecule has 0 unspecified atom stereocenters. The van der Waals surface area contributed by atoms with Gasteiger partial charge < -0.3 is 19.9 Å². The Morgan fingerprint density at radius 3 is 2.41 bits per heavy atom. The third-order valence-corrected chi connectivity index (χ3v) is 4.97. The highest BCUT2D eigenvalue weighted by molar-refractivity contribution is 7.16. The van der Waals surface area contributed by atoms with E-state index in [1.807, 2.05) is 12.1 Å². The number of carbonyl (C=O) groups excluding carboxylic acids is 3. The first kappa shape index (κ1) is 18.4. The number of aromatic hydroxyl groups is 1. The largest absolute Gasteiger partial charge is 0.507 e. The molecule has 138 valence electrons. The van der Waals surface area contributed by atoms with E-state index in [-0.39, 0.29) is 26.8 Å². The van der Waals surface area contributed by atoms with E-state index in [0.717, 1.165) is 16.7 Å². The van der Waals surface area contributed by atoms with Gasteiger partial charge in [-0.05, 0) is 22.9 Å². The predicted octanol–water partition coefficient (Wildman–Crippen LogP) is 3.43. The second-order valence-electron chi connectivity index (χ2n) is 5.47. The van der Waals surface area contributed by atoms with Crippen LogP contribution in [0.15, 0.2) is 42.5 Å². The Balaban J connectivity index is 2.04. The second-order valence-corrected chi connectivity index (χ2v) is 6.52. The van der Waals surface area contributed by atoms with Crippen LogP contribution >= 0.6 is 11.3 Å². The lowest BCUT2D eigenvalue weighted by atomic mass is 10.0. The Morgan fingerprint density at radius 1 is 1.00 bits per heavy atom. The van der Waals surface area contributed by atoms with Gasteiger partial charge in [0.2, 0.25) is 0 Å². The van der Waals surface area contributed by atoms with Crippen molar-refractivity contribution in [1.29, 1.82) is 0 Å². The van der Waals surface area contributed by atoms with Crippen LogP contribution in [0.3, 0.4) is 0 Å². The number of ether oxygens (including phenoxy) is 2. The molecule has 27 heavy (non-hydrogen) atoms. The summed E-state index contributed by atoms with van der Waals surface area (Å²) >= 11 is 0.844. The lowest BCUT2D eigenvalue weighted by Gasteiger charge is -2.10. The molecular formula is C19H15NO6S. The third kappa shape index (κ3) is 3.47.